The number of methoxy groups -OCH3 is 3. The summed E-state index contributed by atoms with van der Waals surface area (Å²) in [6.45, 7) is 12.9. The van der Waals surface area contributed by atoms with Crippen LogP contribution in [0.1, 0.15) is 65.5 Å². The number of ether oxygens (including phenoxy) is 10. The van der Waals surface area contributed by atoms with Crippen molar-refractivity contribution in [2.24, 2.45) is 0 Å². The van der Waals surface area contributed by atoms with Crippen molar-refractivity contribution in [1.82, 2.24) is 0 Å². The lowest BCUT2D eigenvalue weighted by Crippen LogP contribution is -2.37. The van der Waals surface area contributed by atoms with Gasteiger partial charge in [0.25, 0.3) is 0 Å². The van der Waals surface area contributed by atoms with Gasteiger partial charge in [-0.2, -0.15) is 0 Å². The van der Waals surface area contributed by atoms with Gasteiger partial charge in [-0.25, -0.2) is 9.59 Å². The van der Waals surface area contributed by atoms with Crippen molar-refractivity contribution in [3.05, 3.63) is 107 Å². The molecule has 0 saturated carbocycles. The summed E-state index contributed by atoms with van der Waals surface area (Å²) in [5.41, 5.74) is 2.18. The molecule has 0 aromatic heterocycles. The van der Waals surface area contributed by atoms with Crippen molar-refractivity contribution in [3.8, 4) is 17.2 Å². The highest BCUT2D eigenvalue weighted by molar-refractivity contribution is 6.76. The minimum Gasteiger partial charge on any atom is -0.497 e. The summed E-state index contributed by atoms with van der Waals surface area (Å²) in [4.78, 5) is 27.1. The predicted molar refractivity (Wildman–Crippen MR) is 224 cm³/mol. The first-order valence-corrected chi connectivity index (χ1v) is 23.2. The van der Waals surface area contributed by atoms with E-state index in [4.69, 9.17) is 47.4 Å². The van der Waals surface area contributed by atoms with E-state index >= 15 is 0 Å². The maximum Gasteiger partial charge on any atom is 0.342 e. The highest BCUT2D eigenvalue weighted by Gasteiger charge is 2.45. The second kappa shape index (κ2) is 22.6. The summed E-state index contributed by atoms with van der Waals surface area (Å²) in [6, 6.07) is 20.7. The zero-order chi connectivity index (χ0) is 42.1. The van der Waals surface area contributed by atoms with Gasteiger partial charge in [0, 0.05) is 28.4 Å². The summed E-state index contributed by atoms with van der Waals surface area (Å²) in [5, 5.41) is 0. The minimum atomic E-state index is -1.47. The lowest BCUT2D eigenvalue weighted by molar-refractivity contribution is -0.152. The fraction of sp³-hybridized carbons (Fsp3) is 0.467. The summed E-state index contributed by atoms with van der Waals surface area (Å²) in [5.74, 6) is -0.549. The first-order chi connectivity index (χ1) is 27.7. The molecule has 1 fully saturated rings. The summed E-state index contributed by atoms with van der Waals surface area (Å²) in [7, 11) is 3.18. The Morgan fingerprint density at radius 1 is 0.862 bits per heavy atom. The summed E-state index contributed by atoms with van der Waals surface area (Å²) < 4.78 is 58.1. The van der Waals surface area contributed by atoms with Crippen molar-refractivity contribution < 1.29 is 57.0 Å². The quantitative estimate of drug-likeness (QED) is 0.0393. The smallest absolute Gasteiger partial charge is 0.342 e. The van der Waals surface area contributed by atoms with Crippen LogP contribution >= 0.6 is 0 Å². The highest BCUT2D eigenvalue weighted by Crippen LogP contribution is 2.35. The molecule has 13 heteroatoms. The van der Waals surface area contributed by atoms with Gasteiger partial charge in [-0.15, -0.1) is 0 Å². The van der Waals surface area contributed by atoms with E-state index in [1.807, 2.05) is 69.3 Å². The second-order valence-corrected chi connectivity index (χ2v) is 21.2. The highest BCUT2D eigenvalue weighted by atomic mass is 28.3. The molecule has 4 unspecified atom stereocenters. The van der Waals surface area contributed by atoms with E-state index in [0.29, 0.717) is 36.3 Å². The molecule has 316 valence electrons. The van der Waals surface area contributed by atoms with Crippen LogP contribution in [0.2, 0.25) is 25.7 Å². The molecule has 12 nitrogen and oxygen atoms in total. The van der Waals surface area contributed by atoms with E-state index < -0.39 is 44.1 Å². The van der Waals surface area contributed by atoms with Gasteiger partial charge < -0.3 is 47.4 Å². The third-order valence-electron chi connectivity index (χ3n) is 9.02. The number of rotatable bonds is 23. The molecule has 0 spiro atoms. The van der Waals surface area contributed by atoms with Gasteiger partial charge in [0.2, 0.25) is 0 Å². The molecule has 3 aromatic rings. The molecule has 0 amide bonds. The van der Waals surface area contributed by atoms with Crippen LogP contribution in [0.5, 0.6) is 17.2 Å². The maximum absolute atomic E-state index is 13.7. The Labute approximate surface area is 344 Å². The zero-order valence-electron chi connectivity index (χ0n) is 35.3. The SMILES string of the molecule is COCOc1cc(C=CCC2OC(C)(C)OC2C(C=CCC(C)OCc2ccc(OC)cc2)OC(=O)c2ccccc2)c(C(=O)OCC[Si](C)(C)C)c(OCOC)c1. The standard InChI is InChI=1S/C45H60O12Si/c1-32(52-29-33-21-23-36(50-6)24-22-33)15-13-19-38(55-43(46)34-16-11-10-12-17-34)42-39(56-45(2,3)57-42)20-14-18-35-27-37(53-30-48-4)28-40(54-31-49-5)41(35)44(47)51-25-26-58(7,8)9/h10-14,16-19,21-24,27-28,32,38-39,42H,15,20,25-26,29-31H2,1-9H3. The van der Waals surface area contributed by atoms with Crippen molar-refractivity contribution >= 4 is 26.1 Å². The fourth-order valence-electron chi connectivity index (χ4n) is 6.00. The first-order valence-electron chi connectivity index (χ1n) is 19.5. The zero-order valence-corrected chi connectivity index (χ0v) is 36.3. The van der Waals surface area contributed by atoms with Crippen LogP contribution in [0, 0.1) is 0 Å². The average molecular weight is 821 g/mol. The second-order valence-electron chi connectivity index (χ2n) is 15.6. The Morgan fingerprint density at radius 2 is 1.57 bits per heavy atom. The Kier molecular flexibility index (Phi) is 18.0. The van der Waals surface area contributed by atoms with Crippen LogP contribution in [0.3, 0.4) is 0 Å². The molecule has 1 heterocycles. The maximum atomic E-state index is 13.7. The number of esters is 2. The van der Waals surface area contributed by atoms with Gasteiger partial charge in [-0.1, -0.05) is 68.2 Å². The molecule has 0 aliphatic carbocycles. The molecule has 1 aliphatic rings. The lowest BCUT2D eigenvalue weighted by Gasteiger charge is -2.24. The van der Waals surface area contributed by atoms with Gasteiger partial charge >= 0.3 is 11.9 Å². The summed E-state index contributed by atoms with van der Waals surface area (Å²) in [6.07, 6.45) is 6.19. The molecule has 1 aliphatic heterocycles. The van der Waals surface area contributed by atoms with Gasteiger partial charge in [-0.3, -0.25) is 0 Å². The number of carbonyl (C=O) groups is 2. The monoisotopic (exact) mass is 820 g/mol. The molecule has 0 radical (unpaired) electrons. The molecule has 0 N–H and O–H groups in total. The summed E-state index contributed by atoms with van der Waals surface area (Å²) >= 11 is 0. The van der Waals surface area contributed by atoms with Crippen LogP contribution in [-0.4, -0.2) is 91.7 Å². The topological polar surface area (TPSA) is 126 Å². The van der Waals surface area contributed by atoms with Crippen LogP contribution in [0.25, 0.3) is 6.08 Å². The molecule has 0 bridgehead atoms. The number of hydrogen-bond acceptors (Lipinski definition) is 12. The lowest BCUT2D eigenvalue weighted by atomic mass is 10.0. The molecular formula is C45H60O12Si. The predicted octanol–water partition coefficient (Wildman–Crippen LogP) is 8.86. The molecule has 1 saturated heterocycles. The molecular weight excluding hydrogens is 761 g/mol. The van der Waals surface area contributed by atoms with Gasteiger partial charge in [0.05, 0.1) is 38.1 Å². The first kappa shape index (κ1) is 46.2. The Balaban J connectivity index is 1.59. The Hall–Kier alpha value is -4.50. The van der Waals surface area contributed by atoms with Crippen LogP contribution in [-0.2, 0) is 39.8 Å². The normalized spacial score (nSPS) is 17.6. The van der Waals surface area contributed by atoms with Crippen molar-refractivity contribution in [1.29, 1.82) is 0 Å². The Bertz CT molecular complexity index is 1790. The molecule has 4 atom stereocenters. The van der Waals surface area contributed by atoms with Gasteiger partial charge in [0.1, 0.15) is 35.0 Å². The van der Waals surface area contributed by atoms with Crippen LogP contribution < -0.4 is 14.2 Å². The van der Waals surface area contributed by atoms with Gasteiger partial charge in [0.15, 0.2) is 19.4 Å². The van der Waals surface area contributed by atoms with E-state index in [-0.39, 0.29) is 37.6 Å². The van der Waals surface area contributed by atoms with Crippen molar-refractivity contribution in [2.45, 2.75) is 96.1 Å². The van der Waals surface area contributed by atoms with Crippen LogP contribution in [0.15, 0.2) is 85.0 Å². The number of hydrogen-bond donors (Lipinski definition) is 0. The number of carbonyl (C=O) groups excluding carboxylic acids is 2. The van der Waals surface area contributed by atoms with Crippen molar-refractivity contribution in [3.63, 3.8) is 0 Å². The van der Waals surface area contributed by atoms with E-state index in [1.54, 1.807) is 49.6 Å². The van der Waals surface area contributed by atoms with E-state index in [1.165, 1.54) is 14.2 Å². The number of benzene rings is 3. The van der Waals surface area contributed by atoms with E-state index in [9.17, 15) is 9.59 Å². The van der Waals surface area contributed by atoms with E-state index in [2.05, 4.69) is 19.6 Å². The molecule has 3 aromatic carbocycles. The molecule has 4 rings (SSSR count). The van der Waals surface area contributed by atoms with Crippen molar-refractivity contribution in [2.75, 3.05) is 41.5 Å². The third kappa shape index (κ3) is 15.0. The largest absolute Gasteiger partial charge is 0.497 e. The molecule has 58 heavy (non-hydrogen) atoms. The Morgan fingerprint density at radius 3 is 2.24 bits per heavy atom. The van der Waals surface area contributed by atoms with Crippen LogP contribution in [0.4, 0.5) is 0 Å². The fourth-order valence-corrected chi connectivity index (χ4v) is 6.71. The van der Waals surface area contributed by atoms with Gasteiger partial charge in [-0.05, 0) is 87.2 Å². The average Bonchev–Trinajstić information content (AvgIpc) is 3.51. The minimum absolute atomic E-state index is 0.0128. The third-order valence-corrected chi connectivity index (χ3v) is 10.7. The van der Waals surface area contributed by atoms with E-state index in [0.717, 1.165) is 17.4 Å².